The summed E-state index contributed by atoms with van der Waals surface area (Å²) in [6.45, 7) is -0.0824. The van der Waals surface area contributed by atoms with Gasteiger partial charge in [0.1, 0.15) is 5.76 Å². The van der Waals surface area contributed by atoms with Crippen LogP contribution in [0.4, 0.5) is 0 Å². The Morgan fingerprint density at radius 2 is 1.77 bits per heavy atom. The average molecular weight is 413 g/mol. The fourth-order valence-corrected chi connectivity index (χ4v) is 3.86. The van der Waals surface area contributed by atoms with Crippen molar-refractivity contribution in [2.45, 2.75) is 38.5 Å². The van der Waals surface area contributed by atoms with Crippen molar-refractivity contribution in [3.63, 3.8) is 0 Å². The van der Waals surface area contributed by atoms with E-state index in [1.165, 1.54) is 0 Å². The van der Waals surface area contributed by atoms with E-state index >= 15 is 0 Å². The first kappa shape index (κ1) is 21.6. The lowest BCUT2D eigenvalue weighted by molar-refractivity contribution is -0.135. The molecule has 1 aliphatic carbocycles. The van der Waals surface area contributed by atoms with Gasteiger partial charge in [-0.25, -0.2) is 5.48 Å². The highest BCUT2D eigenvalue weighted by Gasteiger charge is 2.27. The lowest BCUT2D eigenvalue weighted by atomic mass is 9.90. The third kappa shape index (κ3) is 5.93. The zero-order chi connectivity index (χ0) is 21.3. The fraction of sp³-hybridized carbons (Fsp3) is 0.409. The van der Waals surface area contributed by atoms with Gasteiger partial charge in [0.05, 0.1) is 6.67 Å². The maximum atomic E-state index is 12.5. The molecule has 0 bridgehead atoms. The first-order chi connectivity index (χ1) is 14.6. The lowest BCUT2D eigenvalue weighted by Crippen LogP contribution is -2.41. The number of amides is 3. The van der Waals surface area contributed by atoms with Crippen LogP contribution in [0.15, 0.2) is 46.9 Å². The molecule has 0 radical (unpaired) electrons. The minimum absolute atomic E-state index is 0.0824. The second-order valence-electron chi connectivity index (χ2n) is 7.58. The molecule has 0 spiro atoms. The molecule has 4 N–H and O–H groups in total. The fourth-order valence-electron chi connectivity index (χ4n) is 3.86. The summed E-state index contributed by atoms with van der Waals surface area (Å²) in [6.07, 6.45) is 4.86. The van der Waals surface area contributed by atoms with Crippen LogP contribution in [0.3, 0.4) is 0 Å². The SMILES string of the molecule is O=C(C[C@@H](CC1CCCC1)C(=O)NCNC(=O)c1ccc(-c2ccccc2)o1)NO. The molecule has 3 rings (SSSR count). The molecule has 0 unspecified atom stereocenters. The van der Waals surface area contributed by atoms with Crippen LogP contribution in [0.5, 0.6) is 0 Å². The first-order valence-electron chi connectivity index (χ1n) is 10.2. The largest absolute Gasteiger partial charge is 0.451 e. The number of hydroxylamine groups is 1. The summed E-state index contributed by atoms with van der Waals surface area (Å²) in [5.41, 5.74) is 2.45. The van der Waals surface area contributed by atoms with Gasteiger partial charge in [0.15, 0.2) is 5.76 Å². The molecule has 1 aromatic carbocycles. The Kier molecular flexibility index (Phi) is 7.62. The molecule has 8 heteroatoms. The molecule has 1 fully saturated rings. The summed E-state index contributed by atoms with van der Waals surface area (Å²) in [5.74, 6) is -0.789. The van der Waals surface area contributed by atoms with Gasteiger partial charge in [-0.1, -0.05) is 56.0 Å². The Morgan fingerprint density at radius 3 is 2.47 bits per heavy atom. The second kappa shape index (κ2) is 10.6. The molecule has 8 nitrogen and oxygen atoms in total. The van der Waals surface area contributed by atoms with Crippen LogP contribution in [-0.4, -0.2) is 29.6 Å². The normalized spacial score (nSPS) is 14.8. The van der Waals surface area contributed by atoms with Crippen LogP contribution in [0.25, 0.3) is 11.3 Å². The van der Waals surface area contributed by atoms with E-state index in [4.69, 9.17) is 9.62 Å². The summed E-state index contributed by atoms with van der Waals surface area (Å²) in [5, 5.41) is 14.0. The highest BCUT2D eigenvalue weighted by Crippen LogP contribution is 2.31. The van der Waals surface area contributed by atoms with Crippen molar-refractivity contribution in [3.8, 4) is 11.3 Å². The van der Waals surface area contributed by atoms with Gasteiger partial charge < -0.3 is 15.1 Å². The number of furan rings is 1. The molecule has 1 saturated carbocycles. The van der Waals surface area contributed by atoms with E-state index in [2.05, 4.69) is 10.6 Å². The van der Waals surface area contributed by atoms with Gasteiger partial charge in [-0.05, 0) is 24.5 Å². The van der Waals surface area contributed by atoms with Crippen molar-refractivity contribution in [2.24, 2.45) is 11.8 Å². The Morgan fingerprint density at radius 1 is 1.03 bits per heavy atom. The van der Waals surface area contributed by atoms with Crippen LogP contribution in [0, 0.1) is 11.8 Å². The third-order valence-corrected chi connectivity index (χ3v) is 5.42. The summed E-state index contributed by atoms with van der Waals surface area (Å²) < 4.78 is 5.59. The first-order valence-corrected chi connectivity index (χ1v) is 10.2. The highest BCUT2D eigenvalue weighted by molar-refractivity contribution is 5.92. The Labute approximate surface area is 175 Å². The second-order valence-corrected chi connectivity index (χ2v) is 7.58. The Hall–Kier alpha value is -3.13. The number of hydrogen-bond acceptors (Lipinski definition) is 5. The maximum absolute atomic E-state index is 12.5. The monoisotopic (exact) mass is 413 g/mol. The molecule has 160 valence electrons. The number of hydrogen-bond donors (Lipinski definition) is 4. The summed E-state index contributed by atoms with van der Waals surface area (Å²) >= 11 is 0. The van der Waals surface area contributed by atoms with Crippen LogP contribution >= 0.6 is 0 Å². The van der Waals surface area contributed by atoms with Crippen molar-refractivity contribution in [3.05, 3.63) is 48.2 Å². The average Bonchev–Trinajstić information content (AvgIpc) is 3.46. The van der Waals surface area contributed by atoms with E-state index < -0.39 is 17.7 Å². The standard InChI is InChI=1S/C22H27N3O5/c26-20(25-29)13-17(12-15-6-4-5-7-15)21(27)23-14-24-22(28)19-11-10-18(30-19)16-8-2-1-3-9-16/h1-3,8-11,15,17,29H,4-7,12-14H2,(H,23,27)(H,24,28)(H,25,26)/t17-/m1/s1. The van der Waals surface area contributed by atoms with E-state index in [0.29, 0.717) is 18.1 Å². The van der Waals surface area contributed by atoms with Gasteiger partial charge in [-0.2, -0.15) is 0 Å². The van der Waals surface area contributed by atoms with Crippen molar-refractivity contribution in [2.75, 3.05) is 6.67 Å². The van der Waals surface area contributed by atoms with Gasteiger partial charge in [0, 0.05) is 17.9 Å². The van der Waals surface area contributed by atoms with Gasteiger partial charge in [0.25, 0.3) is 5.91 Å². The van der Waals surface area contributed by atoms with Gasteiger partial charge in [0.2, 0.25) is 11.8 Å². The van der Waals surface area contributed by atoms with Crippen LogP contribution in [0.1, 0.15) is 49.1 Å². The minimum atomic E-state index is -0.596. The van der Waals surface area contributed by atoms with E-state index in [9.17, 15) is 14.4 Å². The lowest BCUT2D eigenvalue weighted by Gasteiger charge is -2.19. The smallest absolute Gasteiger partial charge is 0.288 e. The Bertz CT molecular complexity index is 859. The molecule has 0 saturated heterocycles. The van der Waals surface area contributed by atoms with Crippen molar-refractivity contribution in [1.29, 1.82) is 0 Å². The number of benzene rings is 1. The minimum Gasteiger partial charge on any atom is -0.451 e. The van der Waals surface area contributed by atoms with E-state index in [0.717, 1.165) is 31.2 Å². The van der Waals surface area contributed by atoms with E-state index in [-0.39, 0.29) is 24.8 Å². The van der Waals surface area contributed by atoms with E-state index in [1.807, 2.05) is 30.3 Å². The number of nitrogens with one attached hydrogen (secondary N) is 3. The molecule has 2 aromatic rings. The quantitative estimate of drug-likeness (QED) is 0.286. The molecule has 3 amide bonds. The maximum Gasteiger partial charge on any atom is 0.288 e. The summed E-state index contributed by atoms with van der Waals surface area (Å²) in [7, 11) is 0. The number of rotatable bonds is 9. The molecule has 1 aromatic heterocycles. The van der Waals surface area contributed by atoms with Crippen molar-refractivity contribution >= 4 is 17.7 Å². The third-order valence-electron chi connectivity index (χ3n) is 5.42. The van der Waals surface area contributed by atoms with Crippen molar-refractivity contribution in [1.82, 2.24) is 16.1 Å². The van der Waals surface area contributed by atoms with Gasteiger partial charge in [-0.15, -0.1) is 0 Å². The van der Waals surface area contributed by atoms with Gasteiger partial charge >= 0.3 is 0 Å². The zero-order valence-corrected chi connectivity index (χ0v) is 16.7. The van der Waals surface area contributed by atoms with Crippen molar-refractivity contribution < 1.29 is 24.0 Å². The van der Waals surface area contributed by atoms with Crippen LogP contribution in [0.2, 0.25) is 0 Å². The van der Waals surface area contributed by atoms with Crippen LogP contribution in [-0.2, 0) is 9.59 Å². The molecular weight excluding hydrogens is 386 g/mol. The van der Waals surface area contributed by atoms with Crippen LogP contribution < -0.4 is 16.1 Å². The molecule has 1 aliphatic rings. The molecular formula is C22H27N3O5. The predicted molar refractivity (Wildman–Crippen MR) is 109 cm³/mol. The Balaban J connectivity index is 1.50. The molecule has 30 heavy (non-hydrogen) atoms. The highest BCUT2D eigenvalue weighted by atomic mass is 16.5. The predicted octanol–water partition coefficient (Wildman–Crippen LogP) is 2.84. The molecule has 1 heterocycles. The number of carbonyl (C=O) groups is 3. The number of carbonyl (C=O) groups excluding carboxylic acids is 3. The summed E-state index contributed by atoms with van der Waals surface area (Å²) in [6, 6.07) is 12.7. The topological polar surface area (TPSA) is 121 Å². The molecule has 0 aliphatic heterocycles. The molecule has 1 atom stereocenters. The van der Waals surface area contributed by atoms with Gasteiger partial charge in [-0.3, -0.25) is 19.6 Å². The van der Waals surface area contributed by atoms with E-state index in [1.54, 1.807) is 17.6 Å². The summed E-state index contributed by atoms with van der Waals surface area (Å²) in [4.78, 5) is 36.4. The zero-order valence-electron chi connectivity index (χ0n) is 16.7.